The van der Waals surface area contributed by atoms with Crippen LogP contribution in [0.25, 0.3) is 0 Å². The molecule has 0 heterocycles. The molecule has 4 rings (SSSR count). The fourth-order valence-corrected chi connectivity index (χ4v) is 9.97. The van der Waals surface area contributed by atoms with Gasteiger partial charge in [-0.05, 0) is 115 Å². The summed E-state index contributed by atoms with van der Waals surface area (Å²) in [5, 5.41) is 33.0. The molecule has 0 amide bonds. The van der Waals surface area contributed by atoms with E-state index in [4.69, 9.17) is 4.74 Å². The van der Waals surface area contributed by atoms with Gasteiger partial charge >= 0.3 is 11.9 Å². The fraction of sp³-hybridized carbons (Fsp3) is 0.829. The van der Waals surface area contributed by atoms with Gasteiger partial charge in [0.15, 0.2) is 0 Å². The molecule has 246 valence electrons. The van der Waals surface area contributed by atoms with Crippen molar-refractivity contribution in [3.8, 4) is 0 Å². The van der Waals surface area contributed by atoms with Gasteiger partial charge in [0, 0.05) is 12.5 Å². The molecule has 4 aliphatic carbocycles. The number of carboxylic acids is 1. The fourth-order valence-electron chi connectivity index (χ4n) is 9.77. The van der Waals surface area contributed by atoms with E-state index in [1.54, 1.807) is 0 Å². The molecule has 10 atom stereocenters. The summed E-state index contributed by atoms with van der Waals surface area (Å²) in [4.78, 5) is 25.0. The first-order valence-electron chi connectivity index (χ1n) is 16.2. The Morgan fingerprint density at radius 1 is 0.953 bits per heavy atom. The SMILES string of the molecule is CC(=O)O[C@H]1C[C@@]2(C)[C@H](C[C@@H](O)[C@@H]3[C@@]4(C)CC[C@@H](O)[C@@H](C)C4CC[C@@]32C)C1=C(CCC(Br)=C(C)C)C(=O)O.C[N+](C)(C)C. The molecule has 43 heavy (non-hydrogen) atoms. The minimum absolute atomic E-state index is 0.0374. The number of hydrogen-bond donors (Lipinski definition) is 3. The minimum Gasteiger partial charge on any atom is -0.478 e. The van der Waals surface area contributed by atoms with Crippen molar-refractivity contribution in [2.24, 2.45) is 39.9 Å². The van der Waals surface area contributed by atoms with Crippen LogP contribution in [0.5, 0.6) is 0 Å². The lowest BCUT2D eigenvalue weighted by Gasteiger charge is -2.69. The van der Waals surface area contributed by atoms with E-state index in [2.05, 4.69) is 71.8 Å². The number of nitrogens with zero attached hydrogens (tertiary/aromatic N) is 1. The van der Waals surface area contributed by atoms with Crippen LogP contribution in [0.4, 0.5) is 0 Å². The van der Waals surface area contributed by atoms with Gasteiger partial charge in [0.05, 0.1) is 40.4 Å². The Morgan fingerprint density at radius 3 is 2.05 bits per heavy atom. The third-order valence-corrected chi connectivity index (χ3v) is 12.9. The third-order valence-electron chi connectivity index (χ3n) is 11.8. The summed E-state index contributed by atoms with van der Waals surface area (Å²) in [6.07, 6.45) is 3.99. The number of hydrogen-bond acceptors (Lipinski definition) is 5. The second kappa shape index (κ2) is 12.9. The van der Waals surface area contributed by atoms with Crippen LogP contribution in [0.3, 0.4) is 0 Å². The number of aliphatic hydroxyl groups is 2. The van der Waals surface area contributed by atoms with Crippen LogP contribution in [0.2, 0.25) is 0 Å². The van der Waals surface area contributed by atoms with Crippen molar-refractivity contribution in [1.29, 1.82) is 0 Å². The number of ether oxygens (including phenoxy) is 1. The smallest absolute Gasteiger partial charge is 0.331 e. The number of quaternary nitrogens is 1. The molecule has 8 heteroatoms. The predicted octanol–water partition coefficient (Wildman–Crippen LogP) is 6.71. The van der Waals surface area contributed by atoms with Gasteiger partial charge in [-0.15, -0.1) is 0 Å². The van der Waals surface area contributed by atoms with Gasteiger partial charge in [0.1, 0.15) is 6.10 Å². The van der Waals surface area contributed by atoms with E-state index in [1.807, 2.05) is 13.8 Å². The molecule has 0 spiro atoms. The summed E-state index contributed by atoms with van der Waals surface area (Å²) in [7, 11) is 8.50. The lowest BCUT2D eigenvalue weighted by molar-refractivity contribution is -0.849. The van der Waals surface area contributed by atoms with Crippen molar-refractivity contribution in [2.75, 3.05) is 28.2 Å². The van der Waals surface area contributed by atoms with E-state index in [-0.39, 0.29) is 40.1 Å². The highest BCUT2D eigenvalue weighted by atomic mass is 79.9. The lowest BCUT2D eigenvalue weighted by atomic mass is 9.36. The Bertz CT molecular complexity index is 1130. The zero-order valence-electron chi connectivity index (χ0n) is 28.6. The first-order valence-corrected chi connectivity index (χ1v) is 17.0. The number of carboxylic acid groups (broad SMARTS) is 1. The Labute approximate surface area is 268 Å². The maximum absolute atomic E-state index is 12.7. The van der Waals surface area contributed by atoms with Gasteiger partial charge in [-0.3, -0.25) is 4.79 Å². The second-order valence-corrected chi connectivity index (χ2v) is 17.4. The topological polar surface area (TPSA) is 104 Å². The molecule has 0 aromatic rings. The van der Waals surface area contributed by atoms with Crippen LogP contribution in [-0.2, 0) is 14.3 Å². The van der Waals surface area contributed by atoms with E-state index in [9.17, 15) is 24.9 Å². The van der Waals surface area contributed by atoms with Crippen LogP contribution in [-0.4, -0.2) is 78.2 Å². The van der Waals surface area contributed by atoms with E-state index < -0.39 is 24.1 Å². The van der Waals surface area contributed by atoms with Crippen molar-refractivity contribution in [3.05, 3.63) is 21.2 Å². The van der Waals surface area contributed by atoms with Gasteiger partial charge in [0.25, 0.3) is 0 Å². The largest absolute Gasteiger partial charge is 0.478 e. The zero-order valence-corrected chi connectivity index (χ0v) is 30.2. The van der Waals surface area contributed by atoms with Crippen LogP contribution in [0, 0.1) is 39.9 Å². The van der Waals surface area contributed by atoms with Gasteiger partial charge in [0.2, 0.25) is 0 Å². The van der Waals surface area contributed by atoms with Gasteiger partial charge in [-0.25, -0.2) is 4.79 Å². The summed E-state index contributed by atoms with van der Waals surface area (Å²) in [6.45, 7) is 14.4. The summed E-state index contributed by atoms with van der Waals surface area (Å²) in [5.74, 6) is -0.977. The Kier molecular flexibility index (Phi) is 10.9. The number of fused-ring (bicyclic) bond motifs is 5. The normalized spacial score (nSPS) is 41.5. The van der Waals surface area contributed by atoms with Crippen molar-refractivity contribution in [1.82, 2.24) is 0 Å². The Balaban J connectivity index is 0.000000934. The van der Waals surface area contributed by atoms with Gasteiger partial charge in [-0.1, -0.05) is 49.2 Å². The van der Waals surface area contributed by atoms with Crippen LogP contribution in [0.15, 0.2) is 21.2 Å². The number of aliphatic hydroxyl groups excluding tert-OH is 2. The predicted molar refractivity (Wildman–Crippen MR) is 174 cm³/mol. The maximum Gasteiger partial charge on any atom is 0.331 e. The maximum atomic E-state index is 12.7. The molecule has 0 aromatic heterocycles. The Morgan fingerprint density at radius 2 is 1.53 bits per heavy atom. The van der Waals surface area contributed by atoms with E-state index >= 15 is 0 Å². The highest BCUT2D eigenvalue weighted by molar-refractivity contribution is 9.11. The second-order valence-electron chi connectivity index (χ2n) is 16.4. The van der Waals surface area contributed by atoms with Crippen molar-refractivity contribution in [2.45, 2.75) is 118 Å². The number of carbonyl (C=O) groups excluding carboxylic acids is 1. The molecular formula is C35H59BrNO6+. The number of aliphatic carboxylic acids is 1. The quantitative estimate of drug-likeness (QED) is 0.171. The zero-order chi connectivity index (χ0) is 32.9. The number of rotatable bonds is 5. The third kappa shape index (κ3) is 6.97. The molecule has 1 unspecified atom stereocenters. The van der Waals surface area contributed by atoms with E-state index in [0.29, 0.717) is 42.7 Å². The molecule has 0 bridgehead atoms. The van der Waals surface area contributed by atoms with Gasteiger partial charge in [-0.2, -0.15) is 0 Å². The number of esters is 1. The molecule has 7 nitrogen and oxygen atoms in total. The number of carbonyl (C=O) groups is 2. The monoisotopic (exact) mass is 668 g/mol. The molecule has 4 saturated carbocycles. The molecule has 3 N–H and O–H groups in total. The average Bonchev–Trinajstić information content (AvgIpc) is 3.12. The first kappa shape index (κ1) is 36.3. The van der Waals surface area contributed by atoms with E-state index in [0.717, 1.165) is 40.2 Å². The van der Waals surface area contributed by atoms with Crippen LogP contribution >= 0.6 is 15.9 Å². The molecule has 4 fully saturated rings. The number of allylic oxidation sites excluding steroid dienone is 2. The van der Waals surface area contributed by atoms with Gasteiger partial charge < -0.3 is 24.5 Å². The molecule has 0 radical (unpaired) electrons. The summed E-state index contributed by atoms with van der Waals surface area (Å²) in [5.41, 5.74) is 1.45. The first-order chi connectivity index (χ1) is 19.6. The van der Waals surface area contributed by atoms with E-state index in [1.165, 1.54) is 6.92 Å². The molecular weight excluding hydrogens is 610 g/mol. The molecule has 4 aliphatic rings. The lowest BCUT2D eigenvalue weighted by Crippen LogP contribution is -2.65. The standard InChI is InChI=1S/C31H47BrO6.C4H12N/c1-16(2)22(32)9-8-19(28(36)37)26-21-14-24(35)27-29(5)12-11-23(34)17(3)20(29)10-13-30(27,6)31(21,7)15-25(26)38-18(4)33;1-5(2,3)4/h17,20-21,23-25,27,34-35H,8-15H2,1-7H3,(H,36,37);1-4H3/q;+1/t17-,20?,21+,23+,24+,25-,27+,29-,30-,31-;/m0./s1. The molecule has 0 aliphatic heterocycles. The van der Waals surface area contributed by atoms with Crippen molar-refractivity contribution >= 4 is 27.9 Å². The van der Waals surface area contributed by atoms with Crippen LogP contribution in [0.1, 0.15) is 99.8 Å². The van der Waals surface area contributed by atoms with Crippen LogP contribution < -0.4 is 0 Å². The Hall–Kier alpha value is -1.22. The summed E-state index contributed by atoms with van der Waals surface area (Å²) < 4.78 is 7.87. The van der Waals surface area contributed by atoms with Crippen molar-refractivity contribution in [3.63, 3.8) is 0 Å². The highest BCUT2D eigenvalue weighted by Gasteiger charge is 2.70. The summed E-state index contributed by atoms with van der Waals surface area (Å²) in [6, 6.07) is 0. The summed E-state index contributed by atoms with van der Waals surface area (Å²) >= 11 is 3.60. The highest BCUT2D eigenvalue weighted by Crippen LogP contribution is 2.74. The van der Waals surface area contributed by atoms with Crippen molar-refractivity contribution < 1.29 is 34.1 Å². The molecule has 0 saturated heterocycles. The number of halogens is 1. The average molecular weight is 670 g/mol. The molecule has 0 aromatic carbocycles. The minimum atomic E-state index is -0.969.